The molecule has 2 unspecified atom stereocenters. The van der Waals surface area contributed by atoms with Gasteiger partial charge in [-0.3, -0.25) is 4.98 Å². The van der Waals surface area contributed by atoms with Crippen molar-refractivity contribution in [2.24, 2.45) is 0 Å². The minimum absolute atomic E-state index is 0.274. The molecule has 0 radical (unpaired) electrons. The van der Waals surface area contributed by atoms with Crippen molar-refractivity contribution in [1.82, 2.24) is 20.3 Å². The molecule has 0 saturated heterocycles. The molecule has 8 nitrogen and oxygen atoms in total. The standard InChI is InChI=1S/C24H24N6O2/c1-15(7-9-25)16-3-5-18(6-4-16)28-24-23-17(8-10-27-21(23)14-31)11-19(30-24)20-12-26-13-22(29-20)32-2/h3-6,8-15,21,25,27H,7H2,1-2H3,(H,28,30). The second-order valence-electron chi connectivity index (χ2n) is 7.51. The molecule has 3 heterocycles. The molecule has 2 atom stereocenters. The van der Waals surface area contributed by atoms with Crippen molar-refractivity contribution in [3.63, 3.8) is 0 Å². The van der Waals surface area contributed by atoms with Crippen LogP contribution in [0.1, 0.15) is 42.0 Å². The average molecular weight is 428 g/mol. The third-order valence-electron chi connectivity index (χ3n) is 5.37. The van der Waals surface area contributed by atoms with Gasteiger partial charge in [-0.15, -0.1) is 0 Å². The summed E-state index contributed by atoms with van der Waals surface area (Å²) in [7, 11) is 1.54. The van der Waals surface area contributed by atoms with Crippen LogP contribution in [0.4, 0.5) is 11.5 Å². The molecular weight excluding hydrogens is 404 g/mol. The molecule has 8 heteroatoms. The highest BCUT2D eigenvalue weighted by Gasteiger charge is 2.23. The second-order valence-corrected chi connectivity index (χ2v) is 7.51. The van der Waals surface area contributed by atoms with Gasteiger partial charge < -0.3 is 25.6 Å². The van der Waals surface area contributed by atoms with Crippen molar-refractivity contribution in [1.29, 1.82) is 5.41 Å². The molecule has 3 N–H and O–H groups in total. The highest BCUT2D eigenvalue weighted by Crippen LogP contribution is 2.34. The Morgan fingerprint density at radius 1 is 1.22 bits per heavy atom. The van der Waals surface area contributed by atoms with E-state index < -0.39 is 6.04 Å². The fraction of sp³-hybridized carbons (Fsp3) is 0.208. The average Bonchev–Trinajstić information content (AvgIpc) is 2.84. The maximum absolute atomic E-state index is 11.7. The van der Waals surface area contributed by atoms with E-state index >= 15 is 0 Å². The number of methoxy groups -OCH3 is 1. The normalized spacial score (nSPS) is 15.2. The van der Waals surface area contributed by atoms with Crippen LogP contribution < -0.4 is 15.4 Å². The van der Waals surface area contributed by atoms with E-state index in [1.165, 1.54) is 19.5 Å². The van der Waals surface area contributed by atoms with Gasteiger partial charge in [0.1, 0.15) is 23.8 Å². The van der Waals surface area contributed by atoms with Gasteiger partial charge in [-0.2, -0.15) is 0 Å². The quantitative estimate of drug-likeness (QED) is 0.363. The topological polar surface area (TPSA) is 113 Å². The first-order valence-electron chi connectivity index (χ1n) is 10.3. The number of aromatic nitrogens is 3. The summed E-state index contributed by atoms with van der Waals surface area (Å²) in [5, 5.41) is 13.7. The molecule has 2 aromatic heterocycles. The monoisotopic (exact) mass is 428 g/mol. The predicted molar refractivity (Wildman–Crippen MR) is 124 cm³/mol. The number of fused-ring (bicyclic) bond motifs is 1. The summed E-state index contributed by atoms with van der Waals surface area (Å²) >= 11 is 0. The van der Waals surface area contributed by atoms with Gasteiger partial charge in [-0.05, 0) is 60.2 Å². The third-order valence-corrected chi connectivity index (χ3v) is 5.37. The van der Waals surface area contributed by atoms with Gasteiger partial charge in [-0.25, -0.2) is 9.97 Å². The van der Waals surface area contributed by atoms with Crippen LogP contribution >= 0.6 is 0 Å². The summed E-state index contributed by atoms with van der Waals surface area (Å²) in [6, 6.07) is 9.40. The van der Waals surface area contributed by atoms with E-state index in [2.05, 4.69) is 27.5 Å². The fourth-order valence-electron chi connectivity index (χ4n) is 3.61. The minimum Gasteiger partial charge on any atom is -0.480 e. The summed E-state index contributed by atoms with van der Waals surface area (Å²) in [6.45, 7) is 2.09. The molecular formula is C24H24N6O2. The van der Waals surface area contributed by atoms with E-state index in [1.54, 1.807) is 12.4 Å². The Labute approximate surface area is 186 Å². The first-order chi connectivity index (χ1) is 15.6. The number of hydrogen-bond donors (Lipinski definition) is 3. The van der Waals surface area contributed by atoms with Crippen LogP contribution in [0, 0.1) is 5.41 Å². The molecule has 1 aromatic carbocycles. The number of pyridine rings is 1. The van der Waals surface area contributed by atoms with E-state index in [0.717, 1.165) is 28.7 Å². The Bertz CT molecular complexity index is 1160. The Balaban J connectivity index is 1.75. The molecule has 0 bridgehead atoms. The second kappa shape index (κ2) is 9.38. The summed E-state index contributed by atoms with van der Waals surface area (Å²) in [5.41, 5.74) is 4.83. The van der Waals surface area contributed by atoms with Crippen molar-refractivity contribution in [2.75, 3.05) is 12.4 Å². The van der Waals surface area contributed by atoms with Gasteiger partial charge >= 0.3 is 0 Å². The first kappa shape index (κ1) is 21.2. The van der Waals surface area contributed by atoms with Crippen molar-refractivity contribution in [2.45, 2.75) is 25.3 Å². The van der Waals surface area contributed by atoms with Gasteiger partial charge in [-0.1, -0.05) is 19.1 Å². The molecule has 162 valence electrons. The number of carbonyl (C=O) groups is 1. The molecule has 1 aliphatic heterocycles. The summed E-state index contributed by atoms with van der Waals surface area (Å²) in [4.78, 5) is 25.1. The molecule has 0 aliphatic carbocycles. The van der Waals surface area contributed by atoms with Crippen LogP contribution in [0.3, 0.4) is 0 Å². The van der Waals surface area contributed by atoms with Gasteiger partial charge in [0.25, 0.3) is 0 Å². The smallest absolute Gasteiger partial charge is 0.232 e. The van der Waals surface area contributed by atoms with E-state index in [4.69, 9.17) is 15.1 Å². The van der Waals surface area contributed by atoms with Gasteiger partial charge in [0, 0.05) is 11.3 Å². The van der Waals surface area contributed by atoms with Crippen LogP contribution in [-0.4, -0.2) is 34.6 Å². The Kier molecular flexibility index (Phi) is 6.21. The van der Waals surface area contributed by atoms with Crippen LogP contribution in [-0.2, 0) is 4.79 Å². The zero-order valence-corrected chi connectivity index (χ0v) is 17.9. The lowest BCUT2D eigenvalue weighted by atomic mass is 9.97. The van der Waals surface area contributed by atoms with E-state index in [-0.39, 0.29) is 5.92 Å². The van der Waals surface area contributed by atoms with Crippen molar-refractivity contribution >= 4 is 30.1 Å². The van der Waals surface area contributed by atoms with Gasteiger partial charge in [0.15, 0.2) is 0 Å². The summed E-state index contributed by atoms with van der Waals surface area (Å²) in [5.74, 6) is 1.24. The largest absolute Gasteiger partial charge is 0.480 e. The number of carbonyl (C=O) groups excluding carboxylic acids is 1. The highest BCUT2D eigenvalue weighted by atomic mass is 16.5. The molecule has 3 aromatic rings. The third kappa shape index (κ3) is 4.34. The van der Waals surface area contributed by atoms with Gasteiger partial charge in [0.2, 0.25) is 5.88 Å². The molecule has 0 saturated carbocycles. The van der Waals surface area contributed by atoms with Crippen LogP contribution in [0.25, 0.3) is 17.5 Å². The SMILES string of the molecule is COc1cncc(-c2cc3c(c(Nc4ccc(C(C)CC=N)cc4)n2)C(C=O)NC=C3)n1. The van der Waals surface area contributed by atoms with Crippen LogP contribution in [0.2, 0.25) is 0 Å². The minimum atomic E-state index is -0.512. The zero-order chi connectivity index (χ0) is 22.5. The lowest BCUT2D eigenvalue weighted by Gasteiger charge is -2.23. The number of aldehydes is 1. The fourth-order valence-corrected chi connectivity index (χ4v) is 3.61. The van der Waals surface area contributed by atoms with Crippen LogP contribution in [0.5, 0.6) is 5.88 Å². The predicted octanol–water partition coefficient (Wildman–Crippen LogP) is 4.25. The lowest BCUT2D eigenvalue weighted by molar-refractivity contribution is -0.109. The van der Waals surface area contributed by atoms with Crippen molar-refractivity contribution in [3.05, 3.63) is 65.6 Å². The van der Waals surface area contributed by atoms with Crippen LogP contribution in [0.15, 0.2) is 48.9 Å². The number of rotatable bonds is 8. The van der Waals surface area contributed by atoms with Crippen molar-refractivity contribution in [3.8, 4) is 17.3 Å². The lowest BCUT2D eigenvalue weighted by Crippen LogP contribution is -2.22. The first-order valence-corrected chi connectivity index (χ1v) is 10.3. The zero-order valence-electron chi connectivity index (χ0n) is 17.9. The molecule has 4 rings (SSSR count). The maximum Gasteiger partial charge on any atom is 0.232 e. The number of nitrogens with zero attached hydrogens (tertiary/aromatic N) is 3. The molecule has 0 spiro atoms. The Morgan fingerprint density at radius 3 is 2.75 bits per heavy atom. The molecule has 0 fully saturated rings. The van der Waals surface area contributed by atoms with E-state index in [9.17, 15) is 4.79 Å². The summed E-state index contributed by atoms with van der Waals surface area (Å²) in [6.07, 6.45) is 9.82. The highest BCUT2D eigenvalue weighted by molar-refractivity contribution is 5.79. The number of hydrogen-bond acceptors (Lipinski definition) is 8. The van der Waals surface area contributed by atoms with Crippen molar-refractivity contribution < 1.29 is 9.53 Å². The number of nitrogens with one attached hydrogen (secondary N) is 3. The maximum atomic E-state index is 11.7. The van der Waals surface area contributed by atoms with E-state index in [1.807, 2.05) is 36.4 Å². The Morgan fingerprint density at radius 2 is 2.03 bits per heavy atom. The van der Waals surface area contributed by atoms with E-state index in [0.29, 0.717) is 29.5 Å². The molecule has 1 aliphatic rings. The summed E-state index contributed by atoms with van der Waals surface area (Å²) < 4.78 is 5.20. The number of ether oxygens (including phenoxy) is 1. The molecule has 0 amide bonds. The number of anilines is 2. The molecule has 32 heavy (non-hydrogen) atoms. The van der Waals surface area contributed by atoms with Gasteiger partial charge in [0.05, 0.1) is 25.2 Å². The Hall–Kier alpha value is -4.07. The number of benzene rings is 1.